The van der Waals surface area contributed by atoms with E-state index in [1.807, 2.05) is 29.2 Å². The fourth-order valence-corrected chi connectivity index (χ4v) is 4.22. The quantitative estimate of drug-likeness (QED) is 0.676. The van der Waals surface area contributed by atoms with Crippen LogP contribution in [0, 0.1) is 0 Å². The highest BCUT2D eigenvalue weighted by Crippen LogP contribution is 2.35. The number of anilines is 1. The molecule has 2 aliphatic rings. The molecule has 0 spiro atoms. The minimum absolute atomic E-state index is 0.0930. The summed E-state index contributed by atoms with van der Waals surface area (Å²) in [6.07, 6.45) is 3.81. The van der Waals surface area contributed by atoms with Gasteiger partial charge in [0.2, 0.25) is 17.6 Å². The van der Waals surface area contributed by atoms with Crippen LogP contribution in [0.3, 0.4) is 0 Å². The molecule has 6 heteroatoms. The fraction of sp³-hybridized carbons (Fsp3) is 0.286. The molecule has 0 radical (unpaired) electrons. The van der Waals surface area contributed by atoms with Crippen molar-refractivity contribution in [2.45, 2.75) is 31.6 Å². The summed E-state index contributed by atoms with van der Waals surface area (Å²) in [7, 11) is 0. The van der Waals surface area contributed by atoms with Crippen LogP contribution in [-0.4, -0.2) is 22.6 Å². The number of benzene rings is 2. The van der Waals surface area contributed by atoms with E-state index in [4.69, 9.17) is 16.1 Å². The van der Waals surface area contributed by atoms with Gasteiger partial charge in [0.05, 0.1) is 10.9 Å². The van der Waals surface area contributed by atoms with E-state index in [0.29, 0.717) is 29.7 Å². The van der Waals surface area contributed by atoms with Crippen molar-refractivity contribution in [1.82, 2.24) is 10.1 Å². The topological polar surface area (TPSA) is 59.2 Å². The zero-order valence-corrected chi connectivity index (χ0v) is 15.4. The van der Waals surface area contributed by atoms with Gasteiger partial charge in [-0.2, -0.15) is 4.98 Å². The standard InChI is InChI=1S/C21H18ClN3O2/c22-18-7-2-1-6-17(18)20-23-21(27-24-20)15-11-19(26)25(12-15)16-9-8-13-4-3-5-14(13)10-16/h1-2,6-10,15H,3-5,11-12H2. The van der Waals surface area contributed by atoms with Crippen LogP contribution in [0.2, 0.25) is 5.02 Å². The van der Waals surface area contributed by atoms with E-state index in [2.05, 4.69) is 22.3 Å². The molecule has 1 aromatic heterocycles. The fourth-order valence-electron chi connectivity index (χ4n) is 4.00. The highest BCUT2D eigenvalue weighted by Gasteiger charge is 2.35. The molecule has 1 fully saturated rings. The maximum atomic E-state index is 12.6. The predicted octanol–water partition coefficient (Wildman–Crippen LogP) is 4.40. The smallest absolute Gasteiger partial charge is 0.232 e. The number of aromatic nitrogens is 2. The van der Waals surface area contributed by atoms with Crippen LogP contribution in [0.1, 0.15) is 35.8 Å². The first-order chi connectivity index (χ1) is 13.2. The van der Waals surface area contributed by atoms with Crippen LogP contribution < -0.4 is 4.90 Å². The van der Waals surface area contributed by atoms with Crippen LogP contribution in [0.25, 0.3) is 11.4 Å². The largest absolute Gasteiger partial charge is 0.339 e. The van der Waals surface area contributed by atoms with Crippen LogP contribution in [0.15, 0.2) is 47.0 Å². The Kier molecular flexibility index (Phi) is 3.97. The second-order valence-corrected chi connectivity index (χ2v) is 7.56. The van der Waals surface area contributed by atoms with Gasteiger partial charge in [0.1, 0.15) is 0 Å². The highest BCUT2D eigenvalue weighted by molar-refractivity contribution is 6.33. The molecule has 5 rings (SSSR count). The molecular formula is C21H18ClN3O2. The number of carbonyl (C=O) groups is 1. The van der Waals surface area contributed by atoms with Gasteiger partial charge in [-0.25, -0.2) is 0 Å². The average molecular weight is 380 g/mol. The first kappa shape index (κ1) is 16.5. The Labute approximate surface area is 161 Å². The number of fused-ring (bicyclic) bond motifs is 1. The van der Waals surface area contributed by atoms with Crippen LogP contribution >= 0.6 is 11.6 Å². The van der Waals surface area contributed by atoms with Crippen LogP contribution in [0.4, 0.5) is 5.69 Å². The molecule has 1 amide bonds. The molecule has 1 atom stereocenters. The summed E-state index contributed by atoms with van der Waals surface area (Å²) in [5, 5.41) is 4.64. The summed E-state index contributed by atoms with van der Waals surface area (Å²) in [5.74, 6) is 0.936. The zero-order valence-electron chi connectivity index (χ0n) is 14.7. The van der Waals surface area contributed by atoms with Gasteiger partial charge in [0, 0.05) is 24.2 Å². The van der Waals surface area contributed by atoms with Gasteiger partial charge in [-0.1, -0.05) is 35.0 Å². The summed E-state index contributed by atoms with van der Waals surface area (Å²) in [5.41, 5.74) is 4.47. The monoisotopic (exact) mass is 379 g/mol. The minimum Gasteiger partial charge on any atom is -0.339 e. The SMILES string of the molecule is O=C1CC(c2nc(-c3ccccc3Cl)no2)CN1c1ccc2c(c1)CCC2. The van der Waals surface area contributed by atoms with E-state index in [1.54, 1.807) is 6.07 Å². The highest BCUT2D eigenvalue weighted by atomic mass is 35.5. The molecule has 5 nitrogen and oxygen atoms in total. The van der Waals surface area contributed by atoms with Crippen molar-refractivity contribution in [3.05, 3.63) is 64.5 Å². The lowest BCUT2D eigenvalue weighted by molar-refractivity contribution is -0.117. The molecule has 2 aromatic carbocycles. The number of nitrogens with zero attached hydrogens (tertiary/aromatic N) is 3. The predicted molar refractivity (Wildman–Crippen MR) is 103 cm³/mol. The van der Waals surface area contributed by atoms with E-state index in [9.17, 15) is 4.79 Å². The molecule has 1 unspecified atom stereocenters. The van der Waals surface area contributed by atoms with Gasteiger partial charge in [-0.3, -0.25) is 4.79 Å². The Hall–Kier alpha value is -2.66. The molecule has 1 saturated heterocycles. The first-order valence-corrected chi connectivity index (χ1v) is 9.57. The molecule has 1 aliphatic heterocycles. The van der Waals surface area contributed by atoms with E-state index >= 15 is 0 Å². The summed E-state index contributed by atoms with van der Waals surface area (Å²) in [4.78, 5) is 18.9. The van der Waals surface area contributed by atoms with Crippen LogP contribution in [0.5, 0.6) is 0 Å². The molecule has 2 heterocycles. The Balaban J connectivity index is 1.39. The van der Waals surface area contributed by atoms with Crippen molar-refractivity contribution >= 4 is 23.2 Å². The third kappa shape index (κ3) is 2.92. The molecular weight excluding hydrogens is 362 g/mol. The molecule has 3 aromatic rings. The maximum absolute atomic E-state index is 12.6. The lowest BCUT2D eigenvalue weighted by atomic mass is 10.1. The molecule has 1 aliphatic carbocycles. The normalized spacial score (nSPS) is 18.9. The molecule has 136 valence electrons. The number of aryl methyl sites for hydroxylation is 2. The van der Waals surface area contributed by atoms with Gasteiger partial charge < -0.3 is 9.42 Å². The number of hydrogen-bond acceptors (Lipinski definition) is 4. The lowest BCUT2D eigenvalue weighted by Crippen LogP contribution is -2.24. The van der Waals surface area contributed by atoms with Gasteiger partial charge in [-0.15, -0.1) is 0 Å². The number of carbonyl (C=O) groups excluding carboxylic acids is 1. The second kappa shape index (κ2) is 6.50. The number of hydrogen-bond donors (Lipinski definition) is 0. The van der Waals surface area contributed by atoms with E-state index in [1.165, 1.54) is 17.5 Å². The van der Waals surface area contributed by atoms with Gasteiger partial charge in [-0.05, 0) is 54.7 Å². The van der Waals surface area contributed by atoms with Crippen molar-refractivity contribution in [2.75, 3.05) is 11.4 Å². The molecule has 0 bridgehead atoms. The van der Waals surface area contributed by atoms with Crippen LogP contribution in [-0.2, 0) is 17.6 Å². The van der Waals surface area contributed by atoms with Gasteiger partial charge >= 0.3 is 0 Å². The Morgan fingerprint density at radius 2 is 1.96 bits per heavy atom. The summed E-state index contributed by atoms with van der Waals surface area (Å²) < 4.78 is 5.47. The average Bonchev–Trinajstić information content (AvgIpc) is 3.40. The van der Waals surface area contributed by atoms with Gasteiger partial charge in [0.15, 0.2) is 0 Å². The summed E-state index contributed by atoms with van der Waals surface area (Å²) in [6.45, 7) is 0.557. The van der Waals surface area contributed by atoms with Gasteiger partial charge in [0.25, 0.3) is 0 Å². The molecule has 0 saturated carbocycles. The van der Waals surface area contributed by atoms with E-state index in [-0.39, 0.29) is 11.8 Å². The van der Waals surface area contributed by atoms with Crippen molar-refractivity contribution in [3.63, 3.8) is 0 Å². The maximum Gasteiger partial charge on any atom is 0.232 e. The Morgan fingerprint density at radius 3 is 2.85 bits per heavy atom. The number of rotatable bonds is 3. The lowest BCUT2D eigenvalue weighted by Gasteiger charge is -2.17. The van der Waals surface area contributed by atoms with E-state index in [0.717, 1.165) is 24.1 Å². The van der Waals surface area contributed by atoms with Crippen molar-refractivity contribution in [1.29, 1.82) is 0 Å². The molecule has 0 N–H and O–H groups in total. The number of amides is 1. The number of halogens is 1. The third-order valence-corrected chi connectivity index (χ3v) is 5.75. The Bertz CT molecular complexity index is 1030. The van der Waals surface area contributed by atoms with Crippen molar-refractivity contribution < 1.29 is 9.32 Å². The van der Waals surface area contributed by atoms with Crippen molar-refractivity contribution in [2.24, 2.45) is 0 Å². The zero-order chi connectivity index (χ0) is 18.4. The summed E-state index contributed by atoms with van der Waals surface area (Å²) >= 11 is 6.22. The Morgan fingerprint density at radius 1 is 1.11 bits per heavy atom. The third-order valence-electron chi connectivity index (χ3n) is 5.42. The first-order valence-electron chi connectivity index (χ1n) is 9.20. The minimum atomic E-state index is -0.102. The molecule has 27 heavy (non-hydrogen) atoms. The van der Waals surface area contributed by atoms with Crippen molar-refractivity contribution in [3.8, 4) is 11.4 Å². The van der Waals surface area contributed by atoms with E-state index < -0.39 is 0 Å². The second-order valence-electron chi connectivity index (χ2n) is 7.15. The summed E-state index contributed by atoms with van der Waals surface area (Å²) in [6, 6.07) is 13.7.